The largest absolute Gasteiger partial charge is 0.462 e. The number of hydrogen-bond donors (Lipinski definition) is 0. The molecule has 75 heavy (non-hydrogen) atoms. The Morgan fingerprint density at radius 3 is 0.867 bits per heavy atom. The minimum atomic E-state index is -0.822. The third kappa shape index (κ3) is 60.3. The lowest BCUT2D eigenvalue weighted by Gasteiger charge is -2.18. The molecule has 0 amide bonds. The fourth-order valence-electron chi connectivity index (χ4n) is 8.14. The van der Waals surface area contributed by atoms with E-state index in [1.165, 1.54) is 109 Å². The van der Waals surface area contributed by atoms with Crippen LogP contribution in [-0.2, 0) is 28.6 Å². The van der Waals surface area contributed by atoms with Gasteiger partial charge in [0, 0.05) is 19.3 Å². The van der Waals surface area contributed by atoms with E-state index in [-0.39, 0.29) is 31.6 Å². The van der Waals surface area contributed by atoms with E-state index in [9.17, 15) is 14.4 Å². The second-order valence-electron chi connectivity index (χ2n) is 19.9. The first-order valence-corrected chi connectivity index (χ1v) is 30.7. The van der Waals surface area contributed by atoms with Gasteiger partial charge >= 0.3 is 17.9 Å². The average molecular weight is 1040 g/mol. The molecule has 6 heteroatoms. The zero-order valence-electron chi connectivity index (χ0n) is 48.5. The predicted molar refractivity (Wildman–Crippen MR) is 325 cm³/mol. The summed E-state index contributed by atoms with van der Waals surface area (Å²) in [7, 11) is 0. The monoisotopic (exact) mass is 1040 g/mol. The lowest BCUT2D eigenvalue weighted by Crippen LogP contribution is -2.30. The summed E-state index contributed by atoms with van der Waals surface area (Å²) in [4.78, 5) is 38.2. The Bertz CT molecular complexity index is 1620. The second kappa shape index (κ2) is 62.1. The van der Waals surface area contributed by atoms with Gasteiger partial charge in [-0.2, -0.15) is 0 Å². The summed E-state index contributed by atoms with van der Waals surface area (Å²) in [6.45, 7) is 6.34. The highest BCUT2D eigenvalue weighted by Crippen LogP contribution is 2.15. The highest BCUT2D eigenvalue weighted by molar-refractivity contribution is 5.71. The molecule has 1 atom stereocenters. The first-order valence-electron chi connectivity index (χ1n) is 30.7. The quantitative estimate of drug-likeness (QED) is 0.0261. The van der Waals surface area contributed by atoms with Gasteiger partial charge in [0.25, 0.3) is 0 Å². The molecule has 0 N–H and O–H groups in total. The van der Waals surface area contributed by atoms with E-state index in [1.54, 1.807) is 0 Å². The first kappa shape index (κ1) is 70.5. The van der Waals surface area contributed by atoms with Crippen LogP contribution in [0.1, 0.15) is 265 Å². The molecule has 0 aliphatic carbocycles. The number of unbranched alkanes of at least 4 members (excludes halogenated alkanes) is 21. The predicted octanol–water partition coefficient (Wildman–Crippen LogP) is 21.0. The summed E-state index contributed by atoms with van der Waals surface area (Å²) in [5.74, 6) is -0.999. The average Bonchev–Trinajstić information content (AvgIpc) is 3.41. The molecule has 0 fully saturated rings. The molecule has 0 heterocycles. The summed E-state index contributed by atoms with van der Waals surface area (Å²) in [6.07, 6.45) is 87.5. The van der Waals surface area contributed by atoms with E-state index in [4.69, 9.17) is 14.2 Å². The molecule has 0 spiro atoms. The molecule has 0 aliphatic heterocycles. The molecule has 0 aliphatic rings. The zero-order valence-corrected chi connectivity index (χ0v) is 48.5. The second-order valence-corrected chi connectivity index (χ2v) is 19.9. The number of carbonyl (C=O) groups is 3. The molecule has 0 saturated heterocycles. The molecule has 0 aromatic carbocycles. The normalized spacial score (nSPS) is 13.1. The molecule has 0 bridgehead atoms. The van der Waals surface area contributed by atoms with Gasteiger partial charge in [-0.15, -0.1) is 0 Å². The van der Waals surface area contributed by atoms with Crippen LogP contribution in [0, 0.1) is 0 Å². The number of rotatable bonds is 54. The molecule has 6 nitrogen and oxygen atoms in total. The van der Waals surface area contributed by atoms with Crippen molar-refractivity contribution >= 4 is 17.9 Å². The topological polar surface area (TPSA) is 78.9 Å². The van der Waals surface area contributed by atoms with Crippen LogP contribution in [0.4, 0.5) is 0 Å². The van der Waals surface area contributed by atoms with Crippen molar-refractivity contribution in [1.82, 2.24) is 0 Å². The molecular weight excluding hydrogens is 925 g/mol. The Morgan fingerprint density at radius 1 is 0.280 bits per heavy atom. The molecule has 0 aromatic heterocycles. The minimum Gasteiger partial charge on any atom is -0.462 e. The SMILES string of the molecule is CC/C=C\C/C=C\C/C=C\C/C=C\C/C=C\C/C=C\CCC(=O)OC(COC(=O)CCCCCCCCCCCCC)COC(=O)CCCCCCCCCCCCC/C=C\C/C=C\C/C=C\C/C=C\C/C=C\CC. The molecule has 0 saturated carbocycles. The Hall–Kier alpha value is -4.45. The van der Waals surface area contributed by atoms with Gasteiger partial charge in [0.2, 0.25) is 0 Å². The molecule has 1 unspecified atom stereocenters. The van der Waals surface area contributed by atoms with Crippen molar-refractivity contribution in [1.29, 1.82) is 0 Å². The number of ether oxygens (including phenoxy) is 3. The van der Waals surface area contributed by atoms with Crippen LogP contribution in [0.3, 0.4) is 0 Å². The molecule has 424 valence electrons. The van der Waals surface area contributed by atoms with E-state index in [0.29, 0.717) is 19.3 Å². The zero-order chi connectivity index (χ0) is 54.3. The Balaban J connectivity index is 4.38. The fourth-order valence-corrected chi connectivity index (χ4v) is 8.14. The van der Waals surface area contributed by atoms with E-state index in [2.05, 4.69) is 148 Å². The van der Waals surface area contributed by atoms with Gasteiger partial charge in [0.15, 0.2) is 6.10 Å². The van der Waals surface area contributed by atoms with Crippen LogP contribution >= 0.6 is 0 Å². The Morgan fingerprint density at radius 2 is 0.547 bits per heavy atom. The molecular formula is C69H112O6. The van der Waals surface area contributed by atoms with Gasteiger partial charge in [0.05, 0.1) is 0 Å². The van der Waals surface area contributed by atoms with Gasteiger partial charge in [-0.3, -0.25) is 14.4 Å². The van der Waals surface area contributed by atoms with Gasteiger partial charge < -0.3 is 14.2 Å². The Kier molecular flexibility index (Phi) is 58.4. The van der Waals surface area contributed by atoms with Crippen LogP contribution in [0.25, 0.3) is 0 Å². The summed E-state index contributed by atoms with van der Waals surface area (Å²) < 4.78 is 16.8. The van der Waals surface area contributed by atoms with Crippen LogP contribution in [0.5, 0.6) is 0 Å². The maximum absolute atomic E-state index is 12.8. The number of hydrogen-bond acceptors (Lipinski definition) is 6. The smallest absolute Gasteiger partial charge is 0.306 e. The molecule has 0 rings (SSSR count). The number of esters is 3. The van der Waals surface area contributed by atoms with E-state index in [0.717, 1.165) is 109 Å². The van der Waals surface area contributed by atoms with E-state index < -0.39 is 12.1 Å². The van der Waals surface area contributed by atoms with Crippen LogP contribution in [-0.4, -0.2) is 37.2 Å². The van der Waals surface area contributed by atoms with Crippen molar-refractivity contribution in [3.63, 3.8) is 0 Å². The van der Waals surface area contributed by atoms with Crippen molar-refractivity contribution in [2.24, 2.45) is 0 Å². The minimum absolute atomic E-state index is 0.110. The van der Waals surface area contributed by atoms with E-state index >= 15 is 0 Å². The summed E-state index contributed by atoms with van der Waals surface area (Å²) in [5, 5.41) is 0. The van der Waals surface area contributed by atoms with Crippen LogP contribution in [0.2, 0.25) is 0 Å². The van der Waals surface area contributed by atoms with Gasteiger partial charge in [-0.25, -0.2) is 0 Å². The summed E-state index contributed by atoms with van der Waals surface area (Å²) >= 11 is 0. The maximum atomic E-state index is 12.8. The third-order valence-electron chi connectivity index (χ3n) is 12.7. The van der Waals surface area contributed by atoms with Gasteiger partial charge in [-0.05, 0) is 103 Å². The van der Waals surface area contributed by atoms with Crippen LogP contribution < -0.4 is 0 Å². The van der Waals surface area contributed by atoms with Crippen molar-refractivity contribution in [2.75, 3.05) is 13.2 Å². The van der Waals surface area contributed by atoms with Crippen molar-refractivity contribution in [3.8, 4) is 0 Å². The third-order valence-corrected chi connectivity index (χ3v) is 12.7. The first-order chi connectivity index (χ1) is 37.0. The fraction of sp³-hybridized carbons (Fsp3) is 0.638. The van der Waals surface area contributed by atoms with Crippen LogP contribution in [0.15, 0.2) is 134 Å². The number of allylic oxidation sites excluding steroid dienone is 22. The molecule has 0 radical (unpaired) electrons. The highest BCUT2D eigenvalue weighted by atomic mass is 16.6. The van der Waals surface area contributed by atoms with Gasteiger partial charge in [-0.1, -0.05) is 276 Å². The van der Waals surface area contributed by atoms with Crippen molar-refractivity contribution in [3.05, 3.63) is 134 Å². The van der Waals surface area contributed by atoms with Crippen molar-refractivity contribution in [2.45, 2.75) is 271 Å². The highest BCUT2D eigenvalue weighted by Gasteiger charge is 2.19. The lowest BCUT2D eigenvalue weighted by molar-refractivity contribution is -0.166. The Labute approximate surface area is 462 Å². The maximum Gasteiger partial charge on any atom is 0.306 e. The van der Waals surface area contributed by atoms with Crippen molar-refractivity contribution < 1.29 is 28.6 Å². The summed E-state index contributed by atoms with van der Waals surface area (Å²) in [5.41, 5.74) is 0. The molecule has 0 aromatic rings. The standard InChI is InChI=1S/C69H112O6/c1-4-7-10-13-16-19-22-24-26-28-30-31-32-33-34-35-36-37-39-40-42-44-47-50-53-56-59-62-68(71)74-65-66(64-73-67(70)61-58-55-52-49-46-21-18-15-12-9-6-3)75-69(72)63-60-57-54-51-48-45-43-41-38-29-27-25-23-20-17-14-11-8-5-2/h7-8,10-11,16-17,19-20,24-27,30-31,33-34,38,41,45,48,54,57,66H,4-6,9,12-15,18,21-23,28-29,32,35-37,39-40,42-44,46-47,49-53,55-56,58-65H2,1-3H3/b10-7-,11-8-,19-16-,20-17-,26-24-,27-25-,31-30-,34-33-,41-38-,48-45-,57-54-. The number of carbonyl (C=O) groups excluding carboxylic acids is 3. The van der Waals surface area contributed by atoms with E-state index in [1.807, 2.05) is 6.08 Å². The summed E-state index contributed by atoms with van der Waals surface area (Å²) in [6, 6.07) is 0. The van der Waals surface area contributed by atoms with Gasteiger partial charge in [0.1, 0.15) is 13.2 Å². The lowest BCUT2D eigenvalue weighted by atomic mass is 10.0.